The van der Waals surface area contributed by atoms with Gasteiger partial charge in [0.1, 0.15) is 11.3 Å². The molecule has 5 rings (SSSR count). The number of nitrogens with zero attached hydrogens (tertiary/aromatic N) is 3. The van der Waals surface area contributed by atoms with Crippen molar-refractivity contribution in [1.82, 2.24) is 15.2 Å². The van der Waals surface area contributed by atoms with Gasteiger partial charge in [-0.25, -0.2) is 9.78 Å². The van der Waals surface area contributed by atoms with Crippen LogP contribution >= 0.6 is 0 Å². The zero-order chi connectivity index (χ0) is 21.9. The Labute approximate surface area is 188 Å². The zero-order valence-electron chi connectivity index (χ0n) is 18.5. The zero-order valence-corrected chi connectivity index (χ0v) is 18.5. The molecule has 2 aromatic carbocycles. The van der Waals surface area contributed by atoms with E-state index in [1.807, 2.05) is 41.3 Å². The molecule has 2 saturated heterocycles. The summed E-state index contributed by atoms with van der Waals surface area (Å²) in [5.74, 6) is 2.41. The van der Waals surface area contributed by atoms with Crippen molar-refractivity contribution in [2.75, 3.05) is 44.7 Å². The Morgan fingerprint density at radius 2 is 1.97 bits per heavy atom. The van der Waals surface area contributed by atoms with Gasteiger partial charge < -0.3 is 24.3 Å². The number of fused-ring (bicyclic) bond motifs is 1. The number of nitrogens with one attached hydrogen (secondary N) is 1. The van der Waals surface area contributed by atoms with Crippen molar-refractivity contribution in [2.45, 2.75) is 25.2 Å². The molecule has 7 heteroatoms. The maximum atomic E-state index is 12.7. The summed E-state index contributed by atoms with van der Waals surface area (Å²) in [4.78, 5) is 21.6. The highest BCUT2D eigenvalue weighted by Gasteiger charge is 2.28. The van der Waals surface area contributed by atoms with E-state index in [2.05, 4.69) is 27.3 Å². The standard InChI is InChI=1S/C25H30N4O3/c1-31-21-6-4-5-20(15-21)29-12-9-18(17-29)16-26-25(30)28-13-10-19(11-14-28)24-27-22-7-2-3-8-23(22)32-24/h2-8,15,18-19H,9-14,16-17H2,1H3,(H,26,30). The summed E-state index contributed by atoms with van der Waals surface area (Å²) in [5.41, 5.74) is 2.92. The minimum atomic E-state index is 0.0424. The van der Waals surface area contributed by atoms with E-state index in [1.165, 1.54) is 5.69 Å². The molecule has 2 fully saturated rings. The summed E-state index contributed by atoms with van der Waals surface area (Å²) in [6.45, 7) is 4.13. The number of methoxy groups -OCH3 is 1. The number of likely N-dealkylation sites (tertiary alicyclic amines) is 1. The van der Waals surface area contributed by atoms with Crippen LogP contribution in [0.1, 0.15) is 31.1 Å². The first-order valence-corrected chi connectivity index (χ1v) is 11.5. The molecular weight excluding hydrogens is 404 g/mol. The van der Waals surface area contributed by atoms with Crippen LogP contribution in [0.4, 0.5) is 10.5 Å². The summed E-state index contributed by atoms with van der Waals surface area (Å²) >= 11 is 0. The number of anilines is 1. The Kier molecular flexibility index (Phi) is 5.88. The number of rotatable bonds is 5. The first kappa shape index (κ1) is 20.7. The van der Waals surface area contributed by atoms with E-state index in [1.54, 1.807) is 7.11 Å². The lowest BCUT2D eigenvalue weighted by Crippen LogP contribution is -2.45. The van der Waals surface area contributed by atoms with Crippen LogP contribution in [0.5, 0.6) is 5.75 Å². The van der Waals surface area contributed by atoms with Gasteiger partial charge in [-0.3, -0.25) is 0 Å². The second kappa shape index (κ2) is 9.10. The predicted octanol–water partition coefficient (Wildman–Crippen LogP) is 4.25. The minimum absolute atomic E-state index is 0.0424. The number of amides is 2. The summed E-state index contributed by atoms with van der Waals surface area (Å²) in [6.07, 6.45) is 2.85. The SMILES string of the molecule is COc1cccc(N2CCC(CNC(=O)N3CCC(c4nc5ccccc5o4)CC3)C2)c1. The molecule has 1 atom stereocenters. The number of ether oxygens (including phenoxy) is 1. The van der Waals surface area contributed by atoms with Crippen LogP contribution in [0.3, 0.4) is 0 Å². The molecule has 2 aliphatic heterocycles. The number of oxazole rings is 1. The molecular formula is C25H30N4O3. The van der Waals surface area contributed by atoms with Crippen molar-refractivity contribution in [3.05, 3.63) is 54.4 Å². The van der Waals surface area contributed by atoms with Crippen molar-refractivity contribution < 1.29 is 13.9 Å². The van der Waals surface area contributed by atoms with Gasteiger partial charge in [-0.15, -0.1) is 0 Å². The molecule has 0 aliphatic carbocycles. The average Bonchev–Trinajstić information content (AvgIpc) is 3.50. The van der Waals surface area contributed by atoms with Gasteiger partial charge in [-0.2, -0.15) is 0 Å². The van der Waals surface area contributed by atoms with Crippen LogP contribution in [-0.4, -0.2) is 55.7 Å². The van der Waals surface area contributed by atoms with Gasteiger partial charge in [0, 0.05) is 50.4 Å². The molecule has 0 spiro atoms. The van der Waals surface area contributed by atoms with Crippen LogP contribution in [0.25, 0.3) is 11.1 Å². The highest BCUT2D eigenvalue weighted by Crippen LogP contribution is 2.30. The Morgan fingerprint density at radius 3 is 2.78 bits per heavy atom. The molecule has 2 aliphatic rings. The van der Waals surface area contributed by atoms with Crippen LogP contribution in [0.15, 0.2) is 52.9 Å². The van der Waals surface area contributed by atoms with Gasteiger partial charge in [0.25, 0.3) is 0 Å². The number of aromatic nitrogens is 1. The van der Waals surface area contributed by atoms with Crippen molar-refractivity contribution >= 4 is 22.8 Å². The van der Waals surface area contributed by atoms with E-state index < -0.39 is 0 Å². The van der Waals surface area contributed by atoms with Gasteiger partial charge in [0.05, 0.1) is 7.11 Å². The molecule has 3 aromatic rings. The number of hydrogen-bond donors (Lipinski definition) is 1. The lowest BCUT2D eigenvalue weighted by molar-refractivity contribution is 0.176. The third kappa shape index (κ3) is 4.38. The number of carbonyl (C=O) groups excluding carboxylic acids is 1. The molecule has 168 valence electrons. The number of para-hydroxylation sites is 2. The average molecular weight is 435 g/mol. The fraction of sp³-hybridized carbons (Fsp3) is 0.440. The molecule has 1 aromatic heterocycles. The van der Waals surface area contributed by atoms with E-state index in [0.717, 1.165) is 68.2 Å². The van der Waals surface area contributed by atoms with Gasteiger partial charge in [0.15, 0.2) is 11.5 Å². The second-order valence-corrected chi connectivity index (χ2v) is 8.77. The molecule has 1 N–H and O–H groups in total. The van der Waals surface area contributed by atoms with Crippen molar-refractivity contribution in [1.29, 1.82) is 0 Å². The molecule has 32 heavy (non-hydrogen) atoms. The Bertz CT molecular complexity index is 1040. The second-order valence-electron chi connectivity index (χ2n) is 8.77. The Balaban J connectivity index is 1.08. The number of carbonyl (C=O) groups is 1. The van der Waals surface area contributed by atoms with Gasteiger partial charge in [-0.05, 0) is 49.4 Å². The van der Waals surface area contributed by atoms with Crippen molar-refractivity contribution in [3.63, 3.8) is 0 Å². The number of benzene rings is 2. The third-order valence-corrected chi connectivity index (χ3v) is 6.69. The lowest BCUT2D eigenvalue weighted by Gasteiger charge is -2.31. The summed E-state index contributed by atoms with van der Waals surface area (Å²) in [5, 5.41) is 3.16. The Hall–Kier alpha value is -3.22. The van der Waals surface area contributed by atoms with E-state index in [0.29, 0.717) is 12.5 Å². The normalized spacial score (nSPS) is 19.5. The third-order valence-electron chi connectivity index (χ3n) is 6.69. The van der Waals surface area contributed by atoms with Crippen LogP contribution in [-0.2, 0) is 0 Å². The smallest absolute Gasteiger partial charge is 0.317 e. The number of hydrogen-bond acceptors (Lipinski definition) is 5. The highest BCUT2D eigenvalue weighted by atomic mass is 16.5. The van der Waals surface area contributed by atoms with Crippen molar-refractivity contribution in [3.8, 4) is 5.75 Å². The molecule has 0 saturated carbocycles. The van der Waals surface area contributed by atoms with Gasteiger partial charge in [0.2, 0.25) is 0 Å². The first-order valence-electron chi connectivity index (χ1n) is 11.5. The molecule has 3 heterocycles. The fourth-order valence-corrected chi connectivity index (χ4v) is 4.78. The number of piperidine rings is 1. The highest BCUT2D eigenvalue weighted by molar-refractivity contribution is 5.74. The lowest BCUT2D eigenvalue weighted by atomic mass is 9.97. The quantitative estimate of drug-likeness (QED) is 0.650. The molecule has 0 bridgehead atoms. The summed E-state index contributed by atoms with van der Waals surface area (Å²) in [6, 6.07) is 16.1. The maximum Gasteiger partial charge on any atom is 0.317 e. The van der Waals surface area contributed by atoms with Crippen LogP contribution in [0, 0.1) is 5.92 Å². The first-order chi connectivity index (χ1) is 15.7. The van der Waals surface area contributed by atoms with E-state index in [9.17, 15) is 4.79 Å². The summed E-state index contributed by atoms with van der Waals surface area (Å²) < 4.78 is 11.3. The van der Waals surface area contributed by atoms with Crippen LogP contribution in [0.2, 0.25) is 0 Å². The molecule has 0 radical (unpaired) electrons. The molecule has 1 unspecified atom stereocenters. The Morgan fingerprint density at radius 1 is 1.12 bits per heavy atom. The molecule has 2 amide bonds. The predicted molar refractivity (Wildman–Crippen MR) is 124 cm³/mol. The maximum absolute atomic E-state index is 12.7. The van der Waals surface area contributed by atoms with Crippen LogP contribution < -0.4 is 15.0 Å². The van der Waals surface area contributed by atoms with E-state index in [-0.39, 0.29) is 11.9 Å². The summed E-state index contributed by atoms with van der Waals surface area (Å²) in [7, 11) is 1.69. The fourth-order valence-electron chi connectivity index (χ4n) is 4.78. The van der Waals surface area contributed by atoms with Gasteiger partial charge in [-0.1, -0.05) is 18.2 Å². The minimum Gasteiger partial charge on any atom is -0.497 e. The van der Waals surface area contributed by atoms with Gasteiger partial charge >= 0.3 is 6.03 Å². The van der Waals surface area contributed by atoms with E-state index in [4.69, 9.17) is 9.15 Å². The largest absolute Gasteiger partial charge is 0.497 e. The monoisotopic (exact) mass is 434 g/mol. The van der Waals surface area contributed by atoms with Crippen molar-refractivity contribution in [2.24, 2.45) is 5.92 Å². The molecule has 7 nitrogen and oxygen atoms in total. The topological polar surface area (TPSA) is 70.8 Å². The number of urea groups is 1. The van der Waals surface area contributed by atoms with E-state index >= 15 is 0 Å².